The third-order valence-electron chi connectivity index (χ3n) is 10.9. The molecule has 8 aromatic rings. The Morgan fingerprint density at radius 3 is 0.868 bits per heavy atom. The second kappa shape index (κ2) is 13.0. The molecule has 0 radical (unpaired) electrons. The van der Waals surface area contributed by atoms with E-state index < -0.39 is 5.41 Å². The second-order valence-corrected chi connectivity index (χ2v) is 14.6. The van der Waals surface area contributed by atoms with E-state index in [4.69, 9.17) is 9.97 Å². The van der Waals surface area contributed by atoms with E-state index in [1.807, 2.05) is 0 Å². The van der Waals surface area contributed by atoms with Crippen LogP contribution in [-0.4, -0.2) is 9.97 Å². The molecule has 2 heteroatoms. The topological polar surface area (TPSA) is 25.8 Å². The van der Waals surface area contributed by atoms with Crippen molar-refractivity contribution in [1.82, 2.24) is 9.97 Å². The van der Waals surface area contributed by atoms with Crippen LogP contribution in [0.15, 0.2) is 170 Å². The van der Waals surface area contributed by atoms with Crippen LogP contribution in [0.1, 0.15) is 44.5 Å². The molecule has 2 heterocycles. The first kappa shape index (κ1) is 32.5. The van der Waals surface area contributed by atoms with Gasteiger partial charge < -0.3 is 0 Å². The summed E-state index contributed by atoms with van der Waals surface area (Å²) in [5, 5.41) is 0. The number of aryl methyl sites for hydroxylation is 4. The molecule has 2 aromatic heterocycles. The van der Waals surface area contributed by atoms with Crippen LogP contribution >= 0.6 is 0 Å². The molecular weight excluding hydrogens is 641 g/mol. The minimum Gasteiger partial charge on any atom is -0.248 e. The second-order valence-electron chi connectivity index (χ2n) is 14.6. The van der Waals surface area contributed by atoms with Crippen molar-refractivity contribution in [3.8, 4) is 56.2 Å². The van der Waals surface area contributed by atoms with Gasteiger partial charge in [-0.25, -0.2) is 9.97 Å². The van der Waals surface area contributed by atoms with Gasteiger partial charge in [-0.15, -0.1) is 0 Å². The molecule has 0 spiro atoms. The number of pyridine rings is 2. The van der Waals surface area contributed by atoms with Crippen molar-refractivity contribution in [1.29, 1.82) is 0 Å². The van der Waals surface area contributed by atoms with Crippen LogP contribution in [0.2, 0.25) is 0 Å². The molecule has 53 heavy (non-hydrogen) atoms. The average molecular weight is 681 g/mol. The lowest BCUT2D eigenvalue weighted by molar-refractivity contribution is 0.766. The summed E-state index contributed by atoms with van der Waals surface area (Å²) in [6.45, 7) is 8.53. The summed E-state index contributed by atoms with van der Waals surface area (Å²) in [6, 6.07) is 62.2. The summed E-state index contributed by atoms with van der Waals surface area (Å²) in [7, 11) is 0. The first-order valence-electron chi connectivity index (χ1n) is 18.4. The Bertz CT molecular complexity index is 2300. The van der Waals surface area contributed by atoms with Crippen LogP contribution in [0, 0.1) is 27.7 Å². The monoisotopic (exact) mass is 680 g/mol. The molecule has 0 amide bonds. The van der Waals surface area contributed by atoms with E-state index in [0.717, 1.165) is 45.0 Å². The summed E-state index contributed by atoms with van der Waals surface area (Å²) < 4.78 is 0. The van der Waals surface area contributed by atoms with E-state index in [1.165, 1.54) is 55.6 Å². The van der Waals surface area contributed by atoms with E-state index >= 15 is 0 Å². The van der Waals surface area contributed by atoms with Gasteiger partial charge in [0.25, 0.3) is 0 Å². The quantitative estimate of drug-likeness (QED) is 0.175. The lowest BCUT2D eigenvalue weighted by Gasteiger charge is -2.35. The highest BCUT2D eigenvalue weighted by Crippen LogP contribution is 2.57. The lowest BCUT2D eigenvalue weighted by Crippen LogP contribution is -2.29. The van der Waals surface area contributed by atoms with Gasteiger partial charge in [0.05, 0.1) is 28.2 Å². The fourth-order valence-electron chi connectivity index (χ4n) is 8.01. The van der Waals surface area contributed by atoms with Gasteiger partial charge in [0.1, 0.15) is 0 Å². The zero-order valence-electron chi connectivity index (χ0n) is 30.6. The zero-order valence-corrected chi connectivity index (χ0v) is 30.6. The van der Waals surface area contributed by atoms with E-state index in [1.54, 1.807) is 0 Å². The van der Waals surface area contributed by atoms with E-state index in [-0.39, 0.29) is 0 Å². The van der Waals surface area contributed by atoms with Crippen molar-refractivity contribution in [3.63, 3.8) is 0 Å². The number of fused-ring (bicyclic) bond motifs is 3. The Hall–Kier alpha value is -6.38. The summed E-state index contributed by atoms with van der Waals surface area (Å²) in [4.78, 5) is 10.8. The highest BCUT2D eigenvalue weighted by molar-refractivity contribution is 5.88. The molecule has 0 unspecified atom stereocenters. The van der Waals surface area contributed by atoms with Gasteiger partial charge in [0.15, 0.2) is 0 Å². The molecule has 0 fully saturated rings. The molecule has 0 saturated heterocycles. The summed E-state index contributed by atoms with van der Waals surface area (Å²) >= 11 is 0. The van der Waals surface area contributed by atoms with E-state index in [9.17, 15) is 0 Å². The van der Waals surface area contributed by atoms with E-state index in [2.05, 4.69) is 198 Å². The van der Waals surface area contributed by atoms with Gasteiger partial charge in [0, 0.05) is 22.3 Å². The van der Waals surface area contributed by atoms with E-state index in [0.29, 0.717) is 0 Å². The Balaban J connectivity index is 1.42. The van der Waals surface area contributed by atoms with Crippen LogP contribution in [-0.2, 0) is 5.41 Å². The maximum atomic E-state index is 5.38. The number of benzene rings is 6. The molecule has 0 N–H and O–H groups in total. The van der Waals surface area contributed by atoms with Crippen molar-refractivity contribution in [2.75, 3.05) is 0 Å². The molecular formula is C51H40N2. The van der Waals surface area contributed by atoms with Crippen LogP contribution < -0.4 is 0 Å². The molecule has 9 rings (SSSR count). The van der Waals surface area contributed by atoms with Crippen molar-refractivity contribution < 1.29 is 0 Å². The molecule has 0 atom stereocenters. The zero-order chi connectivity index (χ0) is 36.1. The lowest BCUT2D eigenvalue weighted by atomic mass is 9.67. The van der Waals surface area contributed by atoms with Gasteiger partial charge >= 0.3 is 0 Å². The molecule has 1 aliphatic rings. The maximum absolute atomic E-state index is 5.38. The Morgan fingerprint density at radius 1 is 0.321 bits per heavy atom. The van der Waals surface area contributed by atoms with Crippen molar-refractivity contribution in [3.05, 3.63) is 214 Å². The number of rotatable bonds is 6. The van der Waals surface area contributed by atoms with Crippen molar-refractivity contribution in [2.24, 2.45) is 0 Å². The van der Waals surface area contributed by atoms with Crippen LogP contribution in [0.5, 0.6) is 0 Å². The maximum Gasteiger partial charge on any atom is 0.0716 e. The molecule has 1 aliphatic carbocycles. The molecule has 0 aliphatic heterocycles. The predicted octanol–water partition coefficient (Wildman–Crippen LogP) is 12.7. The van der Waals surface area contributed by atoms with Crippen LogP contribution in [0.4, 0.5) is 0 Å². The Kier molecular flexibility index (Phi) is 7.97. The minimum absolute atomic E-state index is 0.670. The fourth-order valence-corrected chi connectivity index (χ4v) is 8.01. The Morgan fingerprint density at radius 2 is 0.585 bits per heavy atom. The average Bonchev–Trinajstić information content (AvgIpc) is 3.50. The number of aromatic nitrogens is 2. The molecule has 0 bridgehead atoms. The van der Waals surface area contributed by atoms with Crippen LogP contribution in [0.3, 0.4) is 0 Å². The molecule has 6 aromatic carbocycles. The molecule has 2 nitrogen and oxygen atoms in total. The van der Waals surface area contributed by atoms with Gasteiger partial charge in [-0.05, 0) is 85.3 Å². The third-order valence-corrected chi connectivity index (χ3v) is 10.9. The normalized spacial score (nSPS) is 12.7. The highest BCUT2D eigenvalue weighted by Gasteiger charge is 2.47. The van der Waals surface area contributed by atoms with Gasteiger partial charge in [-0.2, -0.15) is 0 Å². The van der Waals surface area contributed by atoms with Crippen molar-refractivity contribution in [2.45, 2.75) is 33.1 Å². The number of hydrogen-bond donors (Lipinski definition) is 0. The SMILES string of the molecule is Cc1ccc(-c2cc(C3(c4cc(-c5ccc(C)cc5)nc(-c5ccc(C)cc5)c4)c4ccccc4-c4ccccc43)cc(-c3ccc(C)cc3)n2)cc1. The third kappa shape index (κ3) is 5.68. The number of hydrogen-bond acceptors (Lipinski definition) is 2. The van der Waals surface area contributed by atoms with Gasteiger partial charge in [0.2, 0.25) is 0 Å². The Labute approximate surface area is 312 Å². The summed E-state index contributed by atoms with van der Waals surface area (Å²) in [5.74, 6) is 0. The predicted molar refractivity (Wildman–Crippen MR) is 220 cm³/mol. The molecule has 254 valence electrons. The highest BCUT2D eigenvalue weighted by atomic mass is 14.7. The molecule has 0 saturated carbocycles. The van der Waals surface area contributed by atoms with Crippen molar-refractivity contribution >= 4 is 0 Å². The minimum atomic E-state index is -0.670. The smallest absolute Gasteiger partial charge is 0.0716 e. The summed E-state index contributed by atoms with van der Waals surface area (Å²) in [5.41, 5.74) is 19.8. The fraction of sp³-hybridized carbons (Fsp3) is 0.0980. The first-order chi connectivity index (χ1) is 25.9. The standard InChI is InChI=1S/C51H40N2/c1-33-13-21-37(22-14-33)47-29-41(30-48(52-47)38-23-15-34(2)16-24-38)51(45-11-7-5-9-43(45)44-10-6-8-12-46(44)51)42-31-49(39-25-17-35(3)18-26-39)53-50(32-42)40-27-19-36(4)20-28-40/h5-32H,1-4H3. The largest absolute Gasteiger partial charge is 0.248 e. The summed E-state index contributed by atoms with van der Waals surface area (Å²) in [6.07, 6.45) is 0. The number of nitrogens with zero attached hydrogens (tertiary/aromatic N) is 2. The van der Waals surface area contributed by atoms with Crippen LogP contribution in [0.25, 0.3) is 56.2 Å². The van der Waals surface area contributed by atoms with Gasteiger partial charge in [-0.1, -0.05) is 168 Å². The first-order valence-corrected chi connectivity index (χ1v) is 18.4. The van der Waals surface area contributed by atoms with Gasteiger partial charge in [-0.3, -0.25) is 0 Å².